The minimum Gasteiger partial charge on any atom is -0.422 e. The lowest BCUT2D eigenvalue weighted by Gasteiger charge is -2.36. The zero-order valence-electron chi connectivity index (χ0n) is 17.4. The van der Waals surface area contributed by atoms with Gasteiger partial charge in [0.2, 0.25) is 5.91 Å². The second-order valence-corrected chi connectivity index (χ2v) is 7.87. The average molecular weight is 456 g/mol. The van der Waals surface area contributed by atoms with Crippen LogP contribution in [0.2, 0.25) is 0 Å². The summed E-state index contributed by atoms with van der Waals surface area (Å²) >= 11 is 0. The molecule has 3 heterocycles. The first-order valence-corrected chi connectivity index (χ1v) is 10.4. The molecular formula is C23H19F3N4O3. The van der Waals surface area contributed by atoms with Gasteiger partial charge in [-0.3, -0.25) is 9.48 Å². The molecule has 1 amide bonds. The maximum atomic E-state index is 13.0. The van der Waals surface area contributed by atoms with Gasteiger partial charge in [-0.05, 0) is 30.3 Å². The van der Waals surface area contributed by atoms with Crippen LogP contribution < -0.4 is 10.5 Å². The predicted octanol–water partition coefficient (Wildman–Crippen LogP) is 3.51. The summed E-state index contributed by atoms with van der Waals surface area (Å²) in [4.78, 5) is 28.7. The Hall–Kier alpha value is -3.82. The zero-order chi connectivity index (χ0) is 23.2. The Balaban J connectivity index is 1.32. The fourth-order valence-electron chi connectivity index (χ4n) is 4.17. The molecule has 33 heavy (non-hydrogen) atoms. The first-order chi connectivity index (χ1) is 15.8. The van der Waals surface area contributed by atoms with Crippen molar-refractivity contribution in [2.75, 3.05) is 31.1 Å². The third kappa shape index (κ3) is 3.92. The number of halogens is 3. The monoisotopic (exact) mass is 456 g/mol. The Bertz CT molecular complexity index is 1400. The van der Waals surface area contributed by atoms with Crippen molar-refractivity contribution in [3.8, 4) is 0 Å². The Morgan fingerprint density at radius 1 is 1.00 bits per heavy atom. The van der Waals surface area contributed by atoms with Gasteiger partial charge in [-0.25, -0.2) is 4.79 Å². The number of hydrogen-bond acceptors (Lipinski definition) is 5. The van der Waals surface area contributed by atoms with Gasteiger partial charge in [0, 0.05) is 37.3 Å². The molecule has 0 spiro atoms. The van der Waals surface area contributed by atoms with Gasteiger partial charge in [-0.15, -0.1) is 0 Å². The fourth-order valence-corrected chi connectivity index (χ4v) is 4.17. The van der Waals surface area contributed by atoms with E-state index < -0.39 is 17.4 Å². The average Bonchev–Trinajstić information content (AvgIpc) is 3.23. The molecule has 4 aromatic rings. The van der Waals surface area contributed by atoms with Crippen molar-refractivity contribution < 1.29 is 22.4 Å². The second-order valence-electron chi connectivity index (χ2n) is 7.87. The van der Waals surface area contributed by atoms with E-state index in [1.54, 1.807) is 29.2 Å². The molecule has 5 rings (SSSR count). The summed E-state index contributed by atoms with van der Waals surface area (Å²) in [6.45, 7) is 1.52. The number of fused-ring (bicyclic) bond motifs is 3. The Morgan fingerprint density at radius 2 is 1.76 bits per heavy atom. The lowest BCUT2D eigenvalue weighted by atomic mass is 10.1. The number of carbonyl (C=O) groups is 1. The van der Waals surface area contributed by atoms with Gasteiger partial charge >= 0.3 is 11.8 Å². The van der Waals surface area contributed by atoms with Crippen molar-refractivity contribution in [2.24, 2.45) is 0 Å². The number of carbonyl (C=O) groups excluding carboxylic acids is 1. The van der Waals surface area contributed by atoms with E-state index in [2.05, 4.69) is 5.10 Å². The first-order valence-electron chi connectivity index (χ1n) is 10.4. The minimum atomic E-state index is -4.40. The van der Waals surface area contributed by atoms with Crippen LogP contribution in [-0.4, -0.2) is 46.8 Å². The quantitative estimate of drug-likeness (QED) is 0.442. The van der Waals surface area contributed by atoms with Crippen LogP contribution in [0, 0.1) is 0 Å². The molecule has 7 nitrogen and oxygen atoms in total. The van der Waals surface area contributed by atoms with E-state index in [4.69, 9.17) is 4.42 Å². The summed E-state index contributed by atoms with van der Waals surface area (Å²) in [5.74, 6) is -0.180. The van der Waals surface area contributed by atoms with E-state index >= 15 is 0 Å². The normalized spacial score (nSPS) is 14.9. The van der Waals surface area contributed by atoms with Crippen molar-refractivity contribution >= 4 is 33.5 Å². The van der Waals surface area contributed by atoms with E-state index in [1.807, 2.05) is 11.0 Å². The summed E-state index contributed by atoms with van der Waals surface area (Å²) < 4.78 is 45.8. The van der Waals surface area contributed by atoms with E-state index in [0.29, 0.717) is 53.7 Å². The van der Waals surface area contributed by atoms with Gasteiger partial charge in [0.15, 0.2) is 0 Å². The Kier molecular flexibility index (Phi) is 5.07. The first kappa shape index (κ1) is 21.0. The lowest BCUT2D eigenvalue weighted by molar-refractivity contribution is -0.137. The molecule has 170 valence electrons. The number of hydrogen-bond donors (Lipinski definition) is 0. The van der Waals surface area contributed by atoms with Crippen LogP contribution in [0.5, 0.6) is 0 Å². The molecule has 0 aliphatic carbocycles. The number of aromatic nitrogens is 2. The molecule has 1 aliphatic rings. The number of benzene rings is 2. The molecule has 1 fully saturated rings. The minimum absolute atomic E-state index is 0.0551. The van der Waals surface area contributed by atoms with Gasteiger partial charge in [0.1, 0.15) is 17.5 Å². The van der Waals surface area contributed by atoms with Crippen LogP contribution in [0.3, 0.4) is 0 Å². The molecule has 1 aliphatic heterocycles. The lowest BCUT2D eigenvalue weighted by Crippen LogP contribution is -2.49. The smallest absolute Gasteiger partial charge is 0.416 e. The second kappa shape index (κ2) is 7.95. The number of amides is 1. The molecule has 0 atom stereocenters. The highest BCUT2D eigenvalue weighted by Crippen LogP contribution is 2.32. The number of piperazine rings is 1. The molecule has 0 unspecified atom stereocenters. The third-order valence-corrected chi connectivity index (χ3v) is 5.86. The van der Waals surface area contributed by atoms with Gasteiger partial charge < -0.3 is 14.2 Å². The third-order valence-electron chi connectivity index (χ3n) is 5.86. The molecule has 10 heteroatoms. The molecule has 0 N–H and O–H groups in total. The van der Waals surface area contributed by atoms with E-state index in [-0.39, 0.29) is 12.5 Å². The standard InChI is InChI=1S/C23H19F3N4O3/c24-23(25,26)15-4-3-5-16(12-15)28-8-10-29(11-9-28)20(31)14-30-21-17-6-1-2-7-19(17)33-22(32)18(21)13-27-30/h1-7,12-13H,8-11,14H2. The van der Waals surface area contributed by atoms with Gasteiger partial charge in [-0.2, -0.15) is 18.3 Å². The summed E-state index contributed by atoms with van der Waals surface area (Å²) in [6, 6.07) is 12.3. The van der Waals surface area contributed by atoms with Crippen LogP contribution in [0.25, 0.3) is 21.9 Å². The fraction of sp³-hybridized carbons (Fsp3) is 0.261. The number of para-hydroxylation sites is 1. The van der Waals surface area contributed by atoms with Crippen molar-refractivity contribution in [3.63, 3.8) is 0 Å². The van der Waals surface area contributed by atoms with Crippen molar-refractivity contribution in [3.05, 3.63) is 70.7 Å². The number of nitrogens with zero attached hydrogens (tertiary/aromatic N) is 4. The Labute approximate surface area is 185 Å². The highest BCUT2D eigenvalue weighted by atomic mass is 19.4. The largest absolute Gasteiger partial charge is 0.422 e. The Morgan fingerprint density at radius 3 is 2.52 bits per heavy atom. The summed E-state index contributed by atoms with van der Waals surface area (Å²) in [7, 11) is 0. The molecule has 0 bridgehead atoms. The highest BCUT2D eigenvalue weighted by molar-refractivity contribution is 6.02. The molecule has 1 saturated heterocycles. The van der Waals surface area contributed by atoms with Crippen LogP contribution >= 0.6 is 0 Å². The summed E-state index contributed by atoms with van der Waals surface area (Å²) in [5.41, 5.74) is 0.225. The van der Waals surface area contributed by atoms with Crippen LogP contribution in [-0.2, 0) is 17.5 Å². The maximum Gasteiger partial charge on any atom is 0.416 e. The van der Waals surface area contributed by atoms with Crippen molar-refractivity contribution in [2.45, 2.75) is 12.7 Å². The van der Waals surface area contributed by atoms with Gasteiger partial charge in [0.05, 0.1) is 17.3 Å². The summed E-state index contributed by atoms with van der Waals surface area (Å²) in [5, 5.41) is 5.22. The van der Waals surface area contributed by atoms with Gasteiger partial charge in [-0.1, -0.05) is 18.2 Å². The number of anilines is 1. The van der Waals surface area contributed by atoms with Crippen molar-refractivity contribution in [1.82, 2.24) is 14.7 Å². The maximum absolute atomic E-state index is 13.0. The molecule has 0 radical (unpaired) electrons. The molecule has 2 aromatic carbocycles. The van der Waals surface area contributed by atoms with Crippen LogP contribution in [0.1, 0.15) is 5.56 Å². The predicted molar refractivity (Wildman–Crippen MR) is 116 cm³/mol. The van der Waals surface area contributed by atoms with E-state index in [1.165, 1.54) is 16.9 Å². The van der Waals surface area contributed by atoms with Crippen molar-refractivity contribution in [1.29, 1.82) is 0 Å². The van der Waals surface area contributed by atoms with E-state index in [9.17, 15) is 22.8 Å². The number of alkyl halides is 3. The number of rotatable bonds is 3. The molecule has 0 saturated carbocycles. The van der Waals surface area contributed by atoms with Crippen LogP contribution in [0.4, 0.5) is 18.9 Å². The van der Waals surface area contributed by atoms with Gasteiger partial charge in [0.25, 0.3) is 0 Å². The topological polar surface area (TPSA) is 71.6 Å². The van der Waals surface area contributed by atoms with E-state index in [0.717, 1.165) is 12.1 Å². The molecule has 2 aromatic heterocycles. The summed E-state index contributed by atoms with van der Waals surface area (Å²) in [6.07, 6.45) is -3.01. The SMILES string of the molecule is O=C(Cn1ncc2c(=O)oc3ccccc3c21)N1CCN(c2cccc(C(F)(F)F)c2)CC1. The molecular weight excluding hydrogens is 437 g/mol. The van der Waals surface area contributed by atoms with Crippen LogP contribution in [0.15, 0.2) is 63.9 Å². The zero-order valence-corrected chi connectivity index (χ0v) is 17.4. The highest BCUT2D eigenvalue weighted by Gasteiger charge is 2.31.